The van der Waals surface area contributed by atoms with E-state index in [0.717, 1.165) is 18.4 Å². The lowest BCUT2D eigenvalue weighted by Crippen LogP contribution is -2.51. The van der Waals surface area contributed by atoms with E-state index in [2.05, 4.69) is 5.32 Å². The summed E-state index contributed by atoms with van der Waals surface area (Å²) in [5.41, 5.74) is 1.61. The molecule has 38 heavy (non-hydrogen) atoms. The number of methoxy groups -OCH3 is 2. The molecular formula is C30H35FN2O5. The number of benzene rings is 3. The van der Waals surface area contributed by atoms with Gasteiger partial charge < -0.3 is 24.4 Å². The Hall–Kier alpha value is -4.07. The summed E-state index contributed by atoms with van der Waals surface area (Å²) in [5.74, 6) is 0.423. The highest BCUT2D eigenvalue weighted by atomic mass is 19.1. The van der Waals surface area contributed by atoms with Crippen LogP contribution < -0.4 is 19.5 Å². The number of hydrogen-bond donors (Lipinski definition) is 1. The summed E-state index contributed by atoms with van der Waals surface area (Å²) >= 11 is 0. The summed E-state index contributed by atoms with van der Waals surface area (Å²) < 4.78 is 30.0. The molecular weight excluding hydrogens is 487 g/mol. The molecule has 1 N–H and O–H groups in total. The summed E-state index contributed by atoms with van der Waals surface area (Å²) in [6.45, 7) is 2.36. The molecule has 0 fully saturated rings. The minimum Gasteiger partial charge on any atom is -0.496 e. The average Bonchev–Trinajstić information content (AvgIpc) is 2.95. The van der Waals surface area contributed by atoms with Crippen molar-refractivity contribution >= 4 is 11.8 Å². The number of ether oxygens (including phenoxy) is 3. The van der Waals surface area contributed by atoms with Gasteiger partial charge in [0.05, 0.1) is 14.2 Å². The summed E-state index contributed by atoms with van der Waals surface area (Å²) in [6, 6.07) is 19.6. The van der Waals surface area contributed by atoms with Crippen LogP contribution in [0.25, 0.3) is 0 Å². The molecule has 0 bridgehead atoms. The first kappa shape index (κ1) is 28.5. The molecule has 1 unspecified atom stereocenters. The third-order valence-corrected chi connectivity index (χ3v) is 6.05. The van der Waals surface area contributed by atoms with Gasteiger partial charge in [-0.05, 0) is 29.7 Å². The van der Waals surface area contributed by atoms with Crippen molar-refractivity contribution in [1.29, 1.82) is 0 Å². The molecule has 0 saturated heterocycles. The summed E-state index contributed by atoms with van der Waals surface area (Å²) in [5, 5.41) is 2.97. The number of carbonyl (C=O) groups excluding carboxylic acids is 2. The van der Waals surface area contributed by atoms with Gasteiger partial charge in [0.2, 0.25) is 5.91 Å². The SMILES string of the molecule is CCCCNC(=O)C(Cc1ccccc1)N(Cc1ccc(F)cc1)C(=O)COc1cc(OC)cc(OC)c1. The van der Waals surface area contributed by atoms with Gasteiger partial charge in [-0.3, -0.25) is 9.59 Å². The number of halogens is 1. The highest BCUT2D eigenvalue weighted by molar-refractivity contribution is 5.88. The third kappa shape index (κ3) is 8.50. The van der Waals surface area contributed by atoms with Gasteiger partial charge in [-0.25, -0.2) is 4.39 Å². The van der Waals surface area contributed by atoms with Crippen molar-refractivity contribution in [2.45, 2.75) is 38.8 Å². The fraction of sp³-hybridized carbons (Fsp3) is 0.333. The third-order valence-electron chi connectivity index (χ3n) is 6.05. The quantitative estimate of drug-likeness (QED) is 0.309. The minimum absolute atomic E-state index is 0.114. The van der Waals surface area contributed by atoms with Crippen molar-refractivity contribution in [2.24, 2.45) is 0 Å². The van der Waals surface area contributed by atoms with Crippen LogP contribution in [0.15, 0.2) is 72.8 Å². The van der Waals surface area contributed by atoms with E-state index in [4.69, 9.17) is 14.2 Å². The fourth-order valence-corrected chi connectivity index (χ4v) is 3.94. The van der Waals surface area contributed by atoms with Crippen molar-refractivity contribution < 1.29 is 28.2 Å². The van der Waals surface area contributed by atoms with Gasteiger partial charge >= 0.3 is 0 Å². The molecule has 0 aliphatic rings. The molecule has 1 atom stereocenters. The van der Waals surface area contributed by atoms with E-state index in [1.807, 2.05) is 37.3 Å². The van der Waals surface area contributed by atoms with Crippen molar-refractivity contribution in [3.05, 3.63) is 89.7 Å². The van der Waals surface area contributed by atoms with Gasteiger partial charge in [0.25, 0.3) is 5.91 Å². The Kier molecular flexibility index (Phi) is 11.0. The van der Waals surface area contributed by atoms with Crippen molar-refractivity contribution in [2.75, 3.05) is 27.4 Å². The molecule has 8 heteroatoms. The second-order valence-corrected chi connectivity index (χ2v) is 8.84. The van der Waals surface area contributed by atoms with E-state index >= 15 is 0 Å². The van der Waals surface area contributed by atoms with Crippen LogP contribution in [0, 0.1) is 5.82 Å². The van der Waals surface area contributed by atoms with E-state index in [9.17, 15) is 14.0 Å². The zero-order chi connectivity index (χ0) is 27.3. The molecule has 0 radical (unpaired) electrons. The Morgan fingerprint density at radius 2 is 1.53 bits per heavy atom. The van der Waals surface area contributed by atoms with Crippen LogP contribution in [0.2, 0.25) is 0 Å². The number of rotatable bonds is 14. The largest absolute Gasteiger partial charge is 0.496 e. The van der Waals surface area contributed by atoms with E-state index in [1.165, 1.54) is 31.3 Å². The number of nitrogens with zero attached hydrogens (tertiary/aromatic N) is 1. The molecule has 3 aromatic carbocycles. The summed E-state index contributed by atoms with van der Waals surface area (Å²) in [6.07, 6.45) is 2.08. The zero-order valence-electron chi connectivity index (χ0n) is 22.1. The summed E-state index contributed by atoms with van der Waals surface area (Å²) in [4.78, 5) is 28.6. The molecule has 0 aliphatic carbocycles. The monoisotopic (exact) mass is 522 g/mol. The molecule has 2 amide bonds. The van der Waals surface area contributed by atoms with E-state index in [0.29, 0.717) is 35.8 Å². The normalized spacial score (nSPS) is 11.4. The average molecular weight is 523 g/mol. The Bertz CT molecular complexity index is 1150. The Morgan fingerprint density at radius 3 is 2.13 bits per heavy atom. The van der Waals surface area contributed by atoms with Crippen LogP contribution in [0.3, 0.4) is 0 Å². The predicted octanol–water partition coefficient (Wildman–Crippen LogP) is 4.78. The minimum atomic E-state index is -0.796. The van der Waals surface area contributed by atoms with Crippen LogP contribution in [0.5, 0.6) is 17.2 Å². The number of amides is 2. The van der Waals surface area contributed by atoms with Gasteiger partial charge in [-0.15, -0.1) is 0 Å². The maximum Gasteiger partial charge on any atom is 0.261 e. The standard InChI is InChI=1S/C30H35FN2O5/c1-4-5-15-32-30(35)28(16-22-9-7-6-8-10-22)33(20-23-11-13-24(31)14-12-23)29(34)21-38-27-18-25(36-2)17-26(19-27)37-3/h6-14,17-19,28H,4-5,15-16,20-21H2,1-3H3,(H,32,35). The molecule has 0 aliphatic heterocycles. The molecule has 3 rings (SSSR count). The lowest BCUT2D eigenvalue weighted by atomic mass is 10.0. The highest BCUT2D eigenvalue weighted by Gasteiger charge is 2.30. The van der Waals surface area contributed by atoms with Gasteiger partial charge in [0.1, 0.15) is 29.1 Å². The fourth-order valence-electron chi connectivity index (χ4n) is 3.94. The van der Waals surface area contributed by atoms with Gasteiger partial charge in [0.15, 0.2) is 6.61 Å². The van der Waals surface area contributed by atoms with Gasteiger partial charge in [-0.2, -0.15) is 0 Å². The summed E-state index contributed by atoms with van der Waals surface area (Å²) in [7, 11) is 3.05. The number of unbranched alkanes of at least 4 members (excludes halogenated alkanes) is 1. The second-order valence-electron chi connectivity index (χ2n) is 8.84. The second kappa shape index (κ2) is 14.6. The first-order chi connectivity index (χ1) is 18.4. The van der Waals surface area contributed by atoms with E-state index < -0.39 is 6.04 Å². The van der Waals surface area contributed by atoms with Crippen LogP contribution in [-0.4, -0.2) is 50.1 Å². The molecule has 0 heterocycles. The van der Waals surface area contributed by atoms with E-state index in [1.54, 1.807) is 30.3 Å². The first-order valence-corrected chi connectivity index (χ1v) is 12.6. The Morgan fingerprint density at radius 1 is 0.895 bits per heavy atom. The topological polar surface area (TPSA) is 77.1 Å². The van der Waals surface area contributed by atoms with Crippen LogP contribution in [-0.2, 0) is 22.6 Å². The number of carbonyl (C=O) groups is 2. The number of hydrogen-bond acceptors (Lipinski definition) is 5. The van der Waals surface area contributed by atoms with Crippen molar-refractivity contribution in [1.82, 2.24) is 10.2 Å². The Labute approximate surface area is 223 Å². The van der Waals surface area contributed by atoms with Crippen LogP contribution in [0.1, 0.15) is 30.9 Å². The maximum absolute atomic E-state index is 13.6. The predicted molar refractivity (Wildman–Crippen MR) is 144 cm³/mol. The lowest BCUT2D eigenvalue weighted by Gasteiger charge is -2.31. The maximum atomic E-state index is 13.6. The smallest absolute Gasteiger partial charge is 0.261 e. The Balaban J connectivity index is 1.89. The van der Waals surface area contributed by atoms with Crippen molar-refractivity contribution in [3.8, 4) is 17.2 Å². The lowest BCUT2D eigenvalue weighted by molar-refractivity contribution is -0.142. The first-order valence-electron chi connectivity index (χ1n) is 12.6. The zero-order valence-corrected chi connectivity index (χ0v) is 22.1. The molecule has 3 aromatic rings. The van der Waals surface area contributed by atoms with Crippen LogP contribution >= 0.6 is 0 Å². The highest BCUT2D eigenvalue weighted by Crippen LogP contribution is 2.27. The molecule has 0 spiro atoms. The van der Waals surface area contributed by atoms with E-state index in [-0.39, 0.29) is 30.8 Å². The molecule has 0 aromatic heterocycles. The molecule has 7 nitrogen and oxygen atoms in total. The van der Waals surface area contributed by atoms with Gasteiger partial charge in [0, 0.05) is 37.7 Å². The molecule has 0 saturated carbocycles. The molecule has 202 valence electrons. The van der Waals surface area contributed by atoms with Gasteiger partial charge in [-0.1, -0.05) is 55.8 Å². The number of nitrogens with one attached hydrogen (secondary N) is 1. The van der Waals surface area contributed by atoms with Crippen molar-refractivity contribution in [3.63, 3.8) is 0 Å². The van der Waals surface area contributed by atoms with Crippen LogP contribution in [0.4, 0.5) is 4.39 Å².